The maximum absolute atomic E-state index is 11.4. The topological polar surface area (TPSA) is 52.3 Å². The molecule has 3 heteroatoms. The van der Waals surface area contributed by atoms with E-state index in [1.54, 1.807) is 13.0 Å². The van der Waals surface area contributed by atoms with Gasteiger partial charge in [0.15, 0.2) is 5.78 Å². The van der Waals surface area contributed by atoms with Crippen LogP contribution in [0.5, 0.6) is 0 Å². The fourth-order valence-electron chi connectivity index (χ4n) is 2.21. The fourth-order valence-corrected chi connectivity index (χ4v) is 2.21. The number of anilines is 1. The van der Waals surface area contributed by atoms with Gasteiger partial charge in [-0.1, -0.05) is 36.4 Å². The number of benzene rings is 2. The van der Waals surface area contributed by atoms with Crippen molar-refractivity contribution in [1.82, 2.24) is 0 Å². The minimum atomic E-state index is 0.00896. The zero-order chi connectivity index (χ0) is 15.1. The Balaban J connectivity index is 1.76. The van der Waals surface area contributed by atoms with Crippen LogP contribution in [-0.2, 0) is 17.8 Å². The molecule has 0 atom stereocenters. The molecular formula is C18H21NO2. The SMILES string of the molecule is CC(=O)c1cc(CCCOCc2ccccc2)ccc1N. The van der Waals surface area contributed by atoms with E-state index in [2.05, 4.69) is 12.1 Å². The lowest BCUT2D eigenvalue weighted by Gasteiger charge is -2.07. The van der Waals surface area contributed by atoms with Crippen molar-refractivity contribution in [3.8, 4) is 0 Å². The molecule has 0 heterocycles. The first-order chi connectivity index (χ1) is 10.2. The molecule has 0 aliphatic rings. The molecule has 2 aromatic rings. The number of rotatable bonds is 7. The van der Waals surface area contributed by atoms with Gasteiger partial charge >= 0.3 is 0 Å². The van der Waals surface area contributed by atoms with Gasteiger partial charge in [-0.2, -0.15) is 0 Å². The molecule has 0 aliphatic heterocycles. The van der Waals surface area contributed by atoms with Gasteiger partial charge in [0.25, 0.3) is 0 Å². The van der Waals surface area contributed by atoms with Crippen LogP contribution in [0.15, 0.2) is 48.5 Å². The Morgan fingerprint density at radius 1 is 1.10 bits per heavy atom. The van der Waals surface area contributed by atoms with Gasteiger partial charge in [0.1, 0.15) is 0 Å². The first-order valence-electron chi connectivity index (χ1n) is 7.18. The summed E-state index contributed by atoms with van der Waals surface area (Å²) in [5.41, 5.74) is 9.25. The summed E-state index contributed by atoms with van der Waals surface area (Å²) in [6, 6.07) is 15.8. The second-order valence-electron chi connectivity index (χ2n) is 5.12. The molecule has 0 saturated heterocycles. The predicted octanol–water partition coefficient (Wildman–Crippen LogP) is 3.62. The van der Waals surface area contributed by atoms with E-state index < -0.39 is 0 Å². The van der Waals surface area contributed by atoms with Gasteiger partial charge in [-0.3, -0.25) is 4.79 Å². The smallest absolute Gasteiger partial charge is 0.161 e. The highest BCUT2D eigenvalue weighted by Gasteiger charge is 2.05. The van der Waals surface area contributed by atoms with E-state index in [1.807, 2.05) is 30.3 Å². The van der Waals surface area contributed by atoms with Crippen LogP contribution in [0.2, 0.25) is 0 Å². The highest BCUT2D eigenvalue weighted by Crippen LogP contribution is 2.16. The zero-order valence-electron chi connectivity index (χ0n) is 12.3. The van der Waals surface area contributed by atoms with Crippen molar-refractivity contribution >= 4 is 11.5 Å². The third-order valence-electron chi connectivity index (χ3n) is 3.36. The highest BCUT2D eigenvalue weighted by atomic mass is 16.5. The molecule has 0 unspecified atom stereocenters. The summed E-state index contributed by atoms with van der Waals surface area (Å²) < 4.78 is 5.65. The first kappa shape index (κ1) is 15.3. The number of aryl methyl sites for hydroxylation is 1. The van der Waals surface area contributed by atoms with Crippen LogP contribution >= 0.6 is 0 Å². The summed E-state index contributed by atoms with van der Waals surface area (Å²) >= 11 is 0. The van der Waals surface area contributed by atoms with E-state index in [-0.39, 0.29) is 5.78 Å². The standard InChI is InChI=1S/C18H21NO2/c1-14(20)17-12-15(9-10-18(17)19)8-5-11-21-13-16-6-3-2-4-7-16/h2-4,6-7,9-10,12H,5,8,11,13,19H2,1H3. The number of nitrogens with two attached hydrogens (primary N) is 1. The van der Waals surface area contributed by atoms with E-state index in [1.165, 1.54) is 5.56 Å². The summed E-state index contributed by atoms with van der Waals surface area (Å²) in [6.07, 6.45) is 1.81. The number of ether oxygens (including phenoxy) is 1. The second-order valence-corrected chi connectivity index (χ2v) is 5.12. The number of Topliss-reactive ketones (excluding diaryl/α,β-unsaturated/α-hetero) is 1. The van der Waals surface area contributed by atoms with E-state index >= 15 is 0 Å². The van der Waals surface area contributed by atoms with Crippen LogP contribution in [-0.4, -0.2) is 12.4 Å². The van der Waals surface area contributed by atoms with Crippen molar-refractivity contribution in [2.24, 2.45) is 0 Å². The Morgan fingerprint density at radius 3 is 2.57 bits per heavy atom. The third kappa shape index (κ3) is 4.72. The van der Waals surface area contributed by atoms with E-state index in [0.29, 0.717) is 24.5 Å². The van der Waals surface area contributed by atoms with Crippen molar-refractivity contribution < 1.29 is 9.53 Å². The number of nitrogen functional groups attached to an aromatic ring is 1. The number of hydrogen-bond acceptors (Lipinski definition) is 3. The van der Waals surface area contributed by atoms with Crippen LogP contribution in [0, 0.1) is 0 Å². The lowest BCUT2D eigenvalue weighted by Crippen LogP contribution is -2.02. The van der Waals surface area contributed by atoms with Gasteiger partial charge in [-0.15, -0.1) is 0 Å². The second kappa shape index (κ2) is 7.60. The molecule has 0 aliphatic carbocycles. The summed E-state index contributed by atoms with van der Waals surface area (Å²) in [6.45, 7) is 2.88. The number of carbonyl (C=O) groups is 1. The third-order valence-corrected chi connectivity index (χ3v) is 3.36. The molecule has 2 rings (SSSR count). The van der Waals surface area contributed by atoms with Gasteiger partial charge in [-0.25, -0.2) is 0 Å². The Labute approximate surface area is 125 Å². The molecule has 3 nitrogen and oxygen atoms in total. The quantitative estimate of drug-likeness (QED) is 0.479. The predicted molar refractivity (Wildman–Crippen MR) is 85.3 cm³/mol. The zero-order valence-corrected chi connectivity index (χ0v) is 12.3. The Bertz CT molecular complexity index is 593. The van der Waals surface area contributed by atoms with E-state index in [9.17, 15) is 4.79 Å². The van der Waals surface area contributed by atoms with E-state index in [0.717, 1.165) is 18.4 Å². The fraction of sp³-hybridized carbons (Fsp3) is 0.278. The Hall–Kier alpha value is -2.13. The van der Waals surface area contributed by atoms with E-state index in [4.69, 9.17) is 10.5 Å². The molecule has 0 saturated carbocycles. The first-order valence-corrected chi connectivity index (χ1v) is 7.18. The van der Waals surface area contributed by atoms with Gasteiger partial charge in [0.05, 0.1) is 6.61 Å². The molecule has 0 aromatic heterocycles. The number of ketones is 1. The molecule has 110 valence electrons. The van der Waals surface area contributed by atoms with Gasteiger partial charge < -0.3 is 10.5 Å². The average molecular weight is 283 g/mol. The molecule has 0 bridgehead atoms. The average Bonchev–Trinajstić information content (AvgIpc) is 2.49. The van der Waals surface area contributed by atoms with Crippen LogP contribution in [0.3, 0.4) is 0 Å². The maximum Gasteiger partial charge on any atom is 0.161 e. The number of hydrogen-bond donors (Lipinski definition) is 1. The van der Waals surface area contributed by atoms with Gasteiger partial charge in [0, 0.05) is 17.9 Å². The molecule has 21 heavy (non-hydrogen) atoms. The molecule has 2 N–H and O–H groups in total. The number of carbonyl (C=O) groups excluding carboxylic acids is 1. The molecule has 0 amide bonds. The Morgan fingerprint density at radius 2 is 1.86 bits per heavy atom. The summed E-state index contributed by atoms with van der Waals surface area (Å²) in [7, 11) is 0. The molecular weight excluding hydrogens is 262 g/mol. The minimum absolute atomic E-state index is 0.00896. The summed E-state index contributed by atoms with van der Waals surface area (Å²) in [5, 5.41) is 0. The van der Waals surface area contributed by atoms with Gasteiger partial charge in [-0.05, 0) is 43.0 Å². The van der Waals surface area contributed by atoms with Crippen molar-refractivity contribution in [3.05, 3.63) is 65.2 Å². The summed E-state index contributed by atoms with van der Waals surface area (Å²) in [4.78, 5) is 11.4. The largest absolute Gasteiger partial charge is 0.398 e. The van der Waals surface area contributed by atoms with Crippen molar-refractivity contribution in [1.29, 1.82) is 0 Å². The van der Waals surface area contributed by atoms with Crippen LogP contribution in [0.1, 0.15) is 34.8 Å². The highest BCUT2D eigenvalue weighted by molar-refractivity contribution is 5.99. The molecule has 0 spiro atoms. The maximum atomic E-state index is 11.4. The summed E-state index contributed by atoms with van der Waals surface area (Å²) in [5.74, 6) is 0.00896. The van der Waals surface area contributed by atoms with Crippen LogP contribution < -0.4 is 5.73 Å². The molecule has 2 aromatic carbocycles. The minimum Gasteiger partial charge on any atom is -0.398 e. The lowest BCUT2D eigenvalue weighted by molar-refractivity contribution is 0.101. The monoisotopic (exact) mass is 283 g/mol. The lowest BCUT2D eigenvalue weighted by atomic mass is 10.0. The van der Waals surface area contributed by atoms with Crippen LogP contribution in [0.4, 0.5) is 5.69 Å². The van der Waals surface area contributed by atoms with Crippen molar-refractivity contribution in [2.45, 2.75) is 26.4 Å². The molecule has 0 radical (unpaired) electrons. The van der Waals surface area contributed by atoms with Gasteiger partial charge in [0.2, 0.25) is 0 Å². The van der Waals surface area contributed by atoms with Crippen LogP contribution in [0.25, 0.3) is 0 Å². The Kier molecular flexibility index (Phi) is 5.52. The molecule has 0 fully saturated rings. The van der Waals surface area contributed by atoms with Crippen molar-refractivity contribution in [3.63, 3.8) is 0 Å². The van der Waals surface area contributed by atoms with Crippen molar-refractivity contribution in [2.75, 3.05) is 12.3 Å². The normalized spacial score (nSPS) is 10.5.